The maximum atomic E-state index is 9.10. The van der Waals surface area contributed by atoms with Gasteiger partial charge in [-0.2, -0.15) is 0 Å². The van der Waals surface area contributed by atoms with E-state index in [2.05, 4.69) is 0 Å². The van der Waals surface area contributed by atoms with Crippen molar-refractivity contribution in [3.63, 3.8) is 0 Å². The molecule has 1 saturated heterocycles. The van der Waals surface area contributed by atoms with Gasteiger partial charge in [-0.05, 0) is 18.8 Å². The number of aliphatic hydroxyl groups excluding tert-OH is 1. The van der Waals surface area contributed by atoms with Crippen molar-refractivity contribution in [1.82, 2.24) is 0 Å². The van der Waals surface area contributed by atoms with Crippen molar-refractivity contribution >= 4 is 0 Å². The van der Waals surface area contributed by atoms with Gasteiger partial charge in [-0.15, -0.1) is 0 Å². The molecular formula is C9H17NO3. The van der Waals surface area contributed by atoms with E-state index >= 15 is 0 Å². The van der Waals surface area contributed by atoms with Crippen LogP contribution in [0.4, 0.5) is 0 Å². The zero-order chi connectivity index (χ0) is 9.26. The summed E-state index contributed by atoms with van der Waals surface area (Å²) in [5, 5.41) is 9.10. The smallest absolute Gasteiger partial charge is 0.105 e. The van der Waals surface area contributed by atoms with E-state index in [1.165, 1.54) is 12.8 Å². The fraction of sp³-hybridized carbons (Fsp3) is 1.00. The highest BCUT2D eigenvalue weighted by Crippen LogP contribution is 2.33. The van der Waals surface area contributed by atoms with Crippen LogP contribution in [0.15, 0.2) is 0 Å². The Balaban J connectivity index is 1.76. The lowest BCUT2D eigenvalue weighted by molar-refractivity contribution is -0.167. The molecule has 1 saturated carbocycles. The third kappa shape index (κ3) is 2.20. The van der Waals surface area contributed by atoms with Crippen LogP contribution >= 0.6 is 0 Å². The minimum absolute atomic E-state index is 0.00519. The van der Waals surface area contributed by atoms with E-state index in [4.69, 9.17) is 20.3 Å². The van der Waals surface area contributed by atoms with E-state index < -0.39 is 0 Å². The fourth-order valence-corrected chi connectivity index (χ4v) is 1.58. The molecule has 3 N–H and O–H groups in total. The Morgan fingerprint density at radius 3 is 2.54 bits per heavy atom. The van der Waals surface area contributed by atoms with Crippen molar-refractivity contribution < 1.29 is 14.6 Å². The molecule has 4 nitrogen and oxygen atoms in total. The van der Waals surface area contributed by atoms with Gasteiger partial charge in [-0.25, -0.2) is 0 Å². The number of hydrogen-bond donors (Lipinski definition) is 2. The first-order valence-corrected chi connectivity index (χ1v) is 4.91. The zero-order valence-electron chi connectivity index (χ0n) is 7.69. The lowest BCUT2D eigenvalue weighted by atomic mass is 10.1. The summed E-state index contributed by atoms with van der Waals surface area (Å²) in [6.45, 7) is 1.32. The van der Waals surface area contributed by atoms with Crippen LogP contribution in [-0.4, -0.2) is 43.2 Å². The van der Waals surface area contributed by atoms with Gasteiger partial charge in [0.25, 0.3) is 0 Å². The molecule has 76 valence electrons. The molecule has 2 rings (SSSR count). The predicted molar refractivity (Wildman–Crippen MR) is 47.3 cm³/mol. The standard InChI is InChI=1S/C9H17NO3/c10-9(6-1-2-6)8(3-11)13-7-4-12-5-7/h6-9,11H,1-5,10H2. The summed E-state index contributed by atoms with van der Waals surface area (Å²) in [5.74, 6) is 0.568. The maximum Gasteiger partial charge on any atom is 0.105 e. The Hall–Kier alpha value is -0.160. The summed E-state index contributed by atoms with van der Waals surface area (Å²) in [4.78, 5) is 0. The van der Waals surface area contributed by atoms with Crippen molar-refractivity contribution in [2.75, 3.05) is 19.8 Å². The molecule has 1 aliphatic heterocycles. The van der Waals surface area contributed by atoms with Gasteiger partial charge in [0, 0.05) is 6.04 Å². The highest BCUT2D eigenvalue weighted by Gasteiger charge is 2.36. The first kappa shape index (κ1) is 9.40. The van der Waals surface area contributed by atoms with E-state index in [-0.39, 0.29) is 24.9 Å². The van der Waals surface area contributed by atoms with E-state index in [1.807, 2.05) is 0 Å². The number of nitrogens with two attached hydrogens (primary N) is 1. The Morgan fingerprint density at radius 1 is 1.46 bits per heavy atom. The Kier molecular flexibility index (Phi) is 2.83. The normalized spacial score (nSPS) is 28.2. The summed E-state index contributed by atoms with van der Waals surface area (Å²) < 4.78 is 10.6. The summed E-state index contributed by atoms with van der Waals surface area (Å²) in [6, 6.07) is 0.00519. The van der Waals surface area contributed by atoms with Crippen molar-refractivity contribution in [3.8, 4) is 0 Å². The molecule has 1 heterocycles. The third-order valence-electron chi connectivity index (χ3n) is 2.75. The monoisotopic (exact) mass is 187 g/mol. The molecule has 0 aromatic heterocycles. The van der Waals surface area contributed by atoms with Gasteiger partial charge in [-0.3, -0.25) is 0 Å². The second-order valence-corrected chi connectivity index (χ2v) is 3.93. The molecule has 0 bridgehead atoms. The topological polar surface area (TPSA) is 64.7 Å². The second-order valence-electron chi connectivity index (χ2n) is 3.93. The van der Waals surface area contributed by atoms with E-state index in [9.17, 15) is 0 Å². The average Bonchev–Trinajstić information content (AvgIpc) is 2.84. The van der Waals surface area contributed by atoms with E-state index in [0.717, 1.165) is 0 Å². The van der Waals surface area contributed by atoms with Crippen LogP contribution in [0.5, 0.6) is 0 Å². The van der Waals surface area contributed by atoms with Crippen LogP contribution in [0.2, 0.25) is 0 Å². The number of rotatable bonds is 5. The first-order valence-electron chi connectivity index (χ1n) is 4.91. The molecule has 0 aromatic rings. The summed E-state index contributed by atoms with van der Waals surface area (Å²) in [6.07, 6.45) is 2.33. The number of hydrogen-bond acceptors (Lipinski definition) is 4. The van der Waals surface area contributed by atoms with Crippen molar-refractivity contribution in [1.29, 1.82) is 0 Å². The SMILES string of the molecule is NC(C1CC1)C(CO)OC1COC1. The van der Waals surface area contributed by atoms with Crippen molar-refractivity contribution in [3.05, 3.63) is 0 Å². The third-order valence-corrected chi connectivity index (χ3v) is 2.75. The molecule has 4 heteroatoms. The van der Waals surface area contributed by atoms with Crippen molar-refractivity contribution in [2.45, 2.75) is 31.1 Å². The minimum atomic E-state index is -0.193. The van der Waals surface area contributed by atoms with Crippen LogP contribution < -0.4 is 5.73 Å². The maximum absolute atomic E-state index is 9.10. The molecule has 13 heavy (non-hydrogen) atoms. The van der Waals surface area contributed by atoms with Gasteiger partial charge in [0.2, 0.25) is 0 Å². The highest BCUT2D eigenvalue weighted by atomic mass is 16.6. The lowest BCUT2D eigenvalue weighted by Crippen LogP contribution is -2.48. The van der Waals surface area contributed by atoms with Crippen molar-refractivity contribution in [2.24, 2.45) is 11.7 Å². The summed E-state index contributed by atoms with van der Waals surface area (Å²) >= 11 is 0. The largest absolute Gasteiger partial charge is 0.394 e. The van der Waals surface area contributed by atoms with Gasteiger partial charge in [-0.1, -0.05) is 0 Å². The molecule has 2 atom stereocenters. The fourth-order valence-electron chi connectivity index (χ4n) is 1.58. The quantitative estimate of drug-likeness (QED) is 0.609. The van der Waals surface area contributed by atoms with Crippen LogP contribution in [0.3, 0.4) is 0 Å². The van der Waals surface area contributed by atoms with Crippen LogP contribution in [0.25, 0.3) is 0 Å². The molecular weight excluding hydrogens is 170 g/mol. The van der Waals surface area contributed by atoms with Gasteiger partial charge in [0.15, 0.2) is 0 Å². The van der Waals surface area contributed by atoms with E-state index in [1.54, 1.807) is 0 Å². The van der Waals surface area contributed by atoms with E-state index in [0.29, 0.717) is 19.1 Å². The average molecular weight is 187 g/mol. The lowest BCUT2D eigenvalue weighted by Gasteiger charge is -2.32. The van der Waals surface area contributed by atoms with Gasteiger partial charge in [0.05, 0.1) is 25.9 Å². The Bertz CT molecular complexity index is 168. The molecule has 2 aliphatic rings. The number of aliphatic hydroxyl groups is 1. The molecule has 0 radical (unpaired) electrons. The van der Waals surface area contributed by atoms with Gasteiger partial charge < -0.3 is 20.3 Å². The second kappa shape index (κ2) is 3.92. The molecule has 0 aromatic carbocycles. The zero-order valence-corrected chi connectivity index (χ0v) is 7.69. The molecule has 2 unspecified atom stereocenters. The summed E-state index contributed by atoms with van der Waals surface area (Å²) in [7, 11) is 0. The minimum Gasteiger partial charge on any atom is -0.394 e. The Morgan fingerprint density at radius 2 is 2.15 bits per heavy atom. The van der Waals surface area contributed by atoms with Gasteiger partial charge >= 0.3 is 0 Å². The van der Waals surface area contributed by atoms with Crippen LogP contribution in [0.1, 0.15) is 12.8 Å². The number of ether oxygens (including phenoxy) is 2. The first-order chi connectivity index (χ1) is 6.31. The Labute approximate surface area is 78.0 Å². The summed E-state index contributed by atoms with van der Waals surface area (Å²) in [5.41, 5.74) is 5.94. The molecule has 0 amide bonds. The molecule has 1 aliphatic carbocycles. The van der Waals surface area contributed by atoms with Crippen LogP contribution in [-0.2, 0) is 9.47 Å². The van der Waals surface area contributed by atoms with Crippen LogP contribution in [0, 0.1) is 5.92 Å². The predicted octanol–water partition coefficient (Wildman–Crippen LogP) is -0.500. The molecule has 0 spiro atoms. The highest BCUT2D eigenvalue weighted by molar-refractivity contribution is 4.90. The van der Waals surface area contributed by atoms with Gasteiger partial charge in [0.1, 0.15) is 6.10 Å². The molecule has 2 fully saturated rings.